The van der Waals surface area contributed by atoms with Crippen molar-refractivity contribution in [3.05, 3.63) is 35.9 Å². The summed E-state index contributed by atoms with van der Waals surface area (Å²) in [5.74, 6) is 2.65. The van der Waals surface area contributed by atoms with Gasteiger partial charge in [-0.3, -0.25) is 5.32 Å². The molecule has 0 radical (unpaired) electrons. The minimum Gasteiger partial charge on any atom is -0.297 e. The van der Waals surface area contributed by atoms with Crippen molar-refractivity contribution in [1.82, 2.24) is 5.32 Å². The maximum atomic E-state index is 5.29. The molecule has 1 nitrogen and oxygen atoms in total. The Morgan fingerprint density at radius 2 is 1.85 bits per heavy atom. The molecule has 2 atom stereocenters. The topological polar surface area (TPSA) is 12.0 Å². The van der Waals surface area contributed by atoms with Crippen LogP contribution in [-0.4, -0.2) is 6.04 Å². The van der Waals surface area contributed by atoms with Gasteiger partial charge in [0, 0.05) is 6.04 Å². The number of benzene rings is 1. The molecule has 0 amide bonds. The fourth-order valence-corrected chi connectivity index (χ4v) is 1.26. The van der Waals surface area contributed by atoms with Gasteiger partial charge in [0.25, 0.3) is 0 Å². The van der Waals surface area contributed by atoms with Crippen LogP contribution in [0.3, 0.4) is 0 Å². The molecule has 0 fully saturated rings. The highest BCUT2D eigenvalue weighted by Crippen LogP contribution is 2.11. The molecule has 0 bridgehead atoms. The lowest BCUT2D eigenvalue weighted by atomic mass is 10.1. The van der Waals surface area contributed by atoms with Crippen molar-refractivity contribution in [2.24, 2.45) is 0 Å². The summed E-state index contributed by atoms with van der Waals surface area (Å²) in [5, 5.41) is 3.31. The third-order valence-electron chi connectivity index (χ3n) is 2.05. The summed E-state index contributed by atoms with van der Waals surface area (Å²) in [6.45, 7) is 4.10. The van der Waals surface area contributed by atoms with E-state index in [4.69, 9.17) is 6.42 Å². The molecule has 1 heteroatoms. The normalized spacial score (nSPS) is 14.5. The van der Waals surface area contributed by atoms with E-state index >= 15 is 0 Å². The molecule has 0 saturated heterocycles. The van der Waals surface area contributed by atoms with E-state index in [1.165, 1.54) is 5.56 Å². The van der Waals surface area contributed by atoms with E-state index < -0.39 is 0 Å². The van der Waals surface area contributed by atoms with Crippen molar-refractivity contribution < 1.29 is 0 Å². The Hall–Kier alpha value is -1.26. The van der Waals surface area contributed by atoms with Crippen LogP contribution in [0.25, 0.3) is 0 Å². The summed E-state index contributed by atoms with van der Waals surface area (Å²) in [4.78, 5) is 0. The molecule has 13 heavy (non-hydrogen) atoms. The highest BCUT2D eigenvalue weighted by Gasteiger charge is 2.05. The lowest BCUT2D eigenvalue weighted by Crippen LogP contribution is -2.27. The Kier molecular flexibility index (Phi) is 3.54. The van der Waals surface area contributed by atoms with Crippen LogP contribution in [0, 0.1) is 12.3 Å². The number of terminal acetylenes is 1. The van der Waals surface area contributed by atoms with Crippen molar-refractivity contribution in [1.29, 1.82) is 0 Å². The molecule has 0 spiro atoms. The number of hydrogen-bond donors (Lipinski definition) is 1. The molecule has 1 rings (SSSR count). The Morgan fingerprint density at radius 3 is 2.38 bits per heavy atom. The monoisotopic (exact) mass is 173 g/mol. The molecule has 0 aliphatic rings. The molecule has 0 heterocycles. The van der Waals surface area contributed by atoms with Crippen molar-refractivity contribution in [3.63, 3.8) is 0 Å². The zero-order valence-electron chi connectivity index (χ0n) is 8.12. The summed E-state index contributed by atoms with van der Waals surface area (Å²) in [5.41, 5.74) is 1.27. The Bertz CT molecular complexity index is 284. The smallest absolute Gasteiger partial charge is 0.0662 e. The van der Waals surface area contributed by atoms with Gasteiger partial charge in [-0.1, -0.05) is 36.3 Å². The summed E-state index contributed by atoms with van der Waals surface area (Å²) in [6.07, 6.45) is 5.29. The van der Waals surface area contributed by atoms with E-state index in [9.17, 15) is 0 Å². The Balaban J connectivity index is 2.60. The fraction of sp³-hybridized carbons (Fsp3) is 0.333. The second-order valence-electron chi connectivity index (χ2n) is 3.19. The third kappa shape index (κ3) is 2.93. The SMILES string of the molecule is C#CC(C)NC(C)c1ccccc1. The maximum Gasteiger partial charge on any atom is 0.0662 e. The standard InChI is InChI=1S/C12H15N/c1-4-10(2)13-11(3)12-8-6-5-7-9-12/h1,5-11,13H,2-3H3. The lowest BCUT2D eigenvalue weighted by Gasteiger charge is -2.16. The van der Waals surface area contributed by atoms with Gasteiger partial charge in [0.1, 0.15) is 0 Å². The zero-order valence-corrected chi connectivity index (χ0v) is 8.12. The number of nitrogens with one attached hydrogen (secondary N) is 1. The van der Waals surface area contributed by atoms with E-state index in [0.717, 1.165) is 0 Å². The molecule has 1 aromatic carbocycles. The van der Waals surface area contributed by atoms with Crippen LogP contribution < -0.4 is 5.32 Å². The van der Waals surface area contributed by atoms with Crippen LogP contribution in [0.2, 0.25) is 0 Å². The molecule has 0 aliphatic carbocycles. The van der Waals surface area contributed by atoms with Gasteiger partial charge in [-0.15, -0.1) is 6.42 Å². The molecule has 1 N–H and O–H groups in total. The van der Waals surface area contributed by atoms with E-state index in [0.29, 0.717) is 6.04 Å². The molecule has 1 aromatic rings. The highest BCUT2D eigenvalue weighted by atomic mass is 14.9. The minimum absolute atomic E-state index is 0.121. The average molecular weight is 173 g/mol. The fourth-order valence-electron chi connectivity index (χ4n) is 1.26. The first-order valence-electron chi connectivity index (χ1n) is 4.51. The maximum absolute atomic E-state index is 5.29. The van der Waals surface area contributed by atoms with Crippen LogP contribution in [-0.2, 0) is 0 Å². The number of rotatable bonds is 3. The van der Waals surface area contributed by atoms with Gasteiger partial charge >= 0.3 is 0 Å². The highest BCUT2D eigenvalue weighted by molar-refractivity contribution is 5.18. The van der Waals surface area contributed by atoms with Gasteiger partial charge < -0.3 is 0 Å². The first kappa shape index (κ1) is 9.83. The second kappa shape index (κ2) is 4.69. The summed E-state index contributed by atoms with van der Waals surface area (Å²) in [7, 11) is 0. The van der Waals surface area contributed by atoms with Crippen LogP contribution in [0.15, 0.2) is 30.3 Å². The van der Waals surface area contributed by atoms with E-state index in [-0.39, 0.29) is 6.04 Å². The Morgan fingerprint density at radius 1 is 1.23 bits per heavy atom. The predicted molar refractivity (Wildman–Crippen MR) is 56.3 cm³/mol. The first-order valence-corrected chi connectivity index (χ1v) is 4.51. The van der Waals surface area contributed by atoms with Crippen LogP contribution in [0.4, 0.5) is 0 Å². The third-order valence-corrected chi connectivity index (χ3v) is 2.05. The molecule has 0 saturated carbocycles. The summed E-state index contributed by atoms with van der Waals surface area (Å²) in [6, 6.07) is 10.7. The van der Waals surface area contributed by atoms with E-state index in [1.807, 2.05) is 25.1 Å². The Labute approximate surface area is 80.2 Å². The van der Waals surface area contributed by atoms with Crippen LogP contribution in [0.1, 0.15) is 25.5 Å². The van der Waals surface area contributed by atoms with Crippen molar-refractivity contribution >= 4 is 0 Å². The molecule has 0 aromatic heterocycles. The van der Waals surface area contributed by atoms with Crippen LogP contribution >= 0.6 is 0 Å². The van der Waals surface area contributed by atoms with E-state index in [2.05, 4.69) is 30.3 Å². The van der Waals surface area contributed by atoms with Gasteiger partial charge in [0.05, 0.1) is 6.04 Å². The van der Waals surface area contributed by atoms with Crippen molar-refractivity contribution in [3.8, 4) is 12.3 Å². The second-order valence-corrected chi connectivity index (χ2v) is 3.19. The van der Waals surface area contributed by atoms with E-state index in [1.54, 1.807) is 0 Å². The van der Waals surface area contributed by atoms with Gasteiger partial charge in [-0.2, -0.15) is 0 Å². The van der Waals surface area contributed by atoms with Crippen molar-refractivity contribution in [2.75, 3.05) is 0 Å². The molecule has 0 aliphatic heterocycles. The number of hydrogen-bond acceptors (Lipinski definition) is 1. The average Bonchev–Trinajstić information content (AvgIpc) is 2.19. The predicted octanol–water partition coefficient (Wildman–Crippen LogP) is 2.36. The van der Waals surface area contributed by atoms with Gasteiger partial charge in [0.15, 0.2) is 0 Å². The van der Waals surface area contributed by atoms with Crippen LogP contribution in [0.5, 0.6) is 0 Å². The minimum atomic E-state index is 0.121. The molecular weight excluding hydrogens is 158 g/mol. The first-order chi connectivity index (χ1) is 6.24. The quantitative estimate of drug-likeness (QED) is 0.692. The molecular formula is C12H15N. The zero-order chi connectivity index (χ0) is 9.68. The summed E-state index contributed by atoms with van der Waals surface area (Å²) < 4.78 is 0. The molecule has 68 valence electrons. The summed E-state index contributed by atoms with van der Waals surface area (Å²) >= 11 is 0. The van der Waals surface area contributed by atoms with Crippen molar-refractivity contribution in [2.45, 2.75) is 25.9 Å². The van der Waals surface area contributed by atoms with Gasteiger partial charge in [0.2, 0.25) is 0 Å². The lowest BCUT2D eigenvalue weighted by molar-refractivity contribution is 0.546. The van der Waals surface area contributed by atoms with Gasteiger partial charge in [-0.05, 0) is 19.4 Å². The molecule has 2 unspecified atom stereocenters. The largest absolute Gasteiger partial charge is 0.297 e. The van der Waals surface area contributed by atoms with Gasteiger partial charge in [-0.25, -0.2) is 0 Å².